The molecule has 3 rings (SSSR count). The van der Waals surface area contributed by atoms with Gasteiger partial charge in [-0.1, -0.05) is 12.1 Å². The first-order chi connectivity index (χ1) is 9.70. The Balaban J connectivity index is 1.86. The average molecular weight is 276 g/mol. The van der Waals surface area contributed by atoms with Gasteiger partial charge in [0.1, 0.15) is 11.9 Å². The largest absolute Gasteiger partial charge is 0.497 e. The maximum atomic E-state index is 12.4. The number of hydrogen-bond acceptors (Lipinski definition) is 4. The maximum absolute atomic E-state index is 12.4. The van der Waals surface area contributed by atoms with Crippen LogP contribution >= 0.6 is 0 Å². The standard InChI is InChI=1S/C15H20N2O3/c1-10-15(18)17(12-7-8-20-9-12)14(16-10)11-3-5-13(19-2)6-4-11/h3-6,10,12,14,16H,7-9H2,1-2H3. The SMILES string of the molecule is COc1ccc(C2NC(C)C(=O)N2C2CCOC2)cc1. The third kappa shape index (κ3) is 2.27. The van der Waals surface area contributed by atoms with Crippen molar-refractivity contribution in [3.8, 4) is 5.75 Å². The number of amides is 1. The molecular formula is C15H20N2O3. The number of ether oxygens (including phenoxy) is 2. The van der Waals surface area contributed by atoms with Gasteiger partial charge >= 0.3 is 0 Å². The lowest BCUT2D eigenvalue weighted by Gasteiger charge is -2.29. The van der Waals surface area contributed by atoms with Gasteiger partial charge in [0.2, 0.25) is 5.91 Å². The predicted molar refractivity (Wildman–Crippen MR) is 74.4 cm³/mol. The zero-order chi connectivity index (χ0) is 14.1. The van der Waals surface area contributed by atoms with Crippen LogP contribution in [0.25, 0.3) is 0 Å². The van der Waals surface area contributed by atoms with Crippen molar-refractivity contribution in [2.24, 2.45) is 0 Å². The first-order valence-corrected chi connectivity index (χ1v) is 7.00. The summed E-state index contributed by atoms with van der Waals surface area (Å²) in [5.41, 5.74) is 1.08. The third-order valence-electron chi connectivity index (χ3n) is 4.04. The topological polar surface area (TPSA) is 50.8 Å². The Morgan fingerprint density at radius 2 is 2.10 bits per heavy atom. The van der Waals surface area contributed by atoms with Crippen molar-refractivity contribution >= 4 is 5.91 Å². The number of methoxy groups -OCH3 is 1. The number of rotatable bonds is 3. The minimum atomic E-state index is -0.150. The zero-order valence-corrected chi connectivity index (χ0v) is 11.8. The summed E-state index contributed by atoms with van der Waals surface area (Å²) in [6, 6.07) is 7.88. The molecule has 3 unspecified atom stereocenters. The van der Waals surface area contributed by atoms with E-state index in [1.807, 2.05) is 36.1 Å². The molecule has 108 valence electrons. The lowest BCUT2D eigenvalue weighted by atomic mass is 10.1. The van der Waals surface area contributed by atoms with Crippen molar-refractivity contribution in [1.82, 2.24) is 10.2 Å². The molecule has 2 heterocycles. The lowest BCUT2D eigenvalue weighted by molar-refractivity contribution is -0.132. The Kier molecular flexibility index (Phi) is 3.63. The number of carbonyl (C=O) groups excluding carboxylic acids is 1. The molecule has 5 nitrogen and oxygen atoms in total. The Hall–Kier alpha value is -1.59. The Bertz CT molecular complexity index is 482. The van der Waals surface area contributed by atoms with E-state index in [0.717, 1.165) is 24.3 Å². The monoisotopic (exact) mass is 276 g/mol. The van der Waals surface area contributed by atoms with Gasteiger partial charge < -0.3 is 14.4 Å². The highest BCUT2D eigenvalue weighted by Crippen LogP contribution is 2.31. The van der Waals surface area contributed by atoms with Crippen LogP contribution in [0.2, 0.25) is 0 Å². The summed E-state index contributed by atoms with van der Waals surface area (Å²) in [7, 11) is 1.65. The second-order valence-corrected chi connectivity index (χ2v) is 5.33. The summed E-state index contributed by atoms with van der Waals surface area (Å²) in [6.07, 6.45) is 0.836. The third-order valence-corrected chi connectivity index (χ3v) is 4.04. The molecule has 3 atom stereocenters. The molecule has 1 N–H and O–H groups in total. The number of benzene rings is 1. The normalized spacial score (nSPS) is 30.0. The van der Waals surface area contributed by atoms with Gasteiger partial charge in [-0.2, -0.15) is 0 Å². The van der Waals surface area contributed by atoms with Crippen LogP contribution in [0.5, 0.6) is 5.75 Å². The van der Waals surface area contributed by atoms with Crippen molar-refractivity contribution in [3.63, 3.8) is 0 Å². The molecule has 2 aliphatic rings. The second kappa shape index (κ2) is 5.42. The van der Waals surface area contributed by atoms with Crippen LogP contribution < -0.4 is 10.1 Å². The Labute approximate surface area is 118 Å². The van der Waals surface area contributed by atoms with Crippen molar-refractivity contribution in [3.05, 3.63) is 29.8 Å². The molecule has 2 aliphatic heterocycles. The van der Waals surface area contributed by atoms with E-state index in [0.29, 0.717) is 6.61 Å². The molecule has 20 heavy (non-hydrogen) atoms. The van der Waals surface area contributed by atoms with Crippen LogP contribution in [-0.4, -0.2) is 43.2 Å². The minimum Gasteiger partial charge on any atom is -0.497 e. The van der Waals surface area contributed by atoms with Gasteiger partial charge in [-0.05, 0) is 31.0 Å². The summed E-state index contributed by atoms with van der Waals surface area (Å²) < 4.78 is 10.6. The van der Waals surface area contributed by atoms with E-state index in [2.05, 4.69) is 5.32 Å². The molecule has 2 saturated heterocycles. The average Bonchev–Trinajstić information content (AvgIpc) is 3.08. The molecule has 0 aliphatic carbocycles. The molecule has 5 heteroatoms. The van der Waals surface area contributed by atoms with E-state index < -0.39 is 0 Å². The van der Waals surface area contributed by atoms with Gasteiger partial charge in [-0.15, -0.1) is 0 Å². The fourth-order valence-electron chi connectivity index (χ4n) is 2.91. The fraction of sp³-hybridized carbons (Fsp3) is 0.533. The van der Waals surface area contributed by atoms with Crippen LogP contribution in [0, 0.1) is 0 Å². The molecule has 0 aromatic heterocycles. The Morgan fingerprint density at radius 1 is 1.35 bits per heavy atom. The summed E-state index contributed by atoms with van der Waals surface area (Å²) in [5, 5.41) is 3.36. The molecule has 1 amide bonds. The summed E-state index contributed by atoms with van der Waals surface area (Å²) in [6.45, 7) is 3.28. The van der Waals surface area contributed by atoms with E-state index >= 15 is 0 Å². The maximum Gasteiger partial charge on any atom is 0.241 e. The van der Waals surface area contributed by atoms with Gasteiger partial charge in [0.05, 0.1) is 25.8 Å². The van der Waals surface area contributed by atoms with E-state index in [4.69, 9.17) is 9.47 Å². The van der Waals surface area contributed by atoms with Crippen LogP contribution in [0.15, 0.2) is 24.3 Å². The van der Waals surface area contributed by atoms with Gasteiger partial charge in [0.15, 0.2) is 0 Å². The van der Waals surface area contributed by atoms with Crippen molar-refractivity contribution in [2.45, 2.75) is 31.6 Å². The quantitative estimate of drug-likeness (QED) is 0.904. The highest BCUT2D eigenvalue weighted by atomic mass is 16.5. The molecule has 0 bridgehead atoms. The van der Waals surface area contributed by atoms with Crippen molar-refractivity contribution in [2.75, 3.05) is 20.3 Å². The number of nitrogens with one attached hydrogen (secondary N) is 1. The van der Waals surface area contributed by atoms with Gasteiger partial charge in [0, 0.05) is 6.61 Å². The summed E-state index contributed by atoms with van der Waals surface area (Å²) >= 11 is 0. The first kappa shape index (κ1) is 13.4. The molecule has 0 saturated carbocycles. The van der Waals surface area contributed by atoms with Crippen LogP contribution in [0.4, 0.5) is 0 Å². The highest BCUT2D eigenvalue weighted by Gasteiger charge is 2.42. The van der Waals surface area contributed by atoms with E-state index in [1.165, 1.54) is 0 Å². The van der Waals surface area contributed by atoms with Crippen LogP contribution in [-0.2, 0) is 9.53 Å². The highest BCUT2D eigenvalue weighted by molar-refractivity contribution is 5.84. The number of hydrogen-bond donors (Lipinski definition) is 1. The van der Waals surface area contributed by atoms with E-state index in [-0.39, 0.29) is 24.2 Å². The molecule has 0 radical (unpaired) electrons. The van der Waals surface area contributed by atoms with E-state index in [9.17, 15) is 4.79 Å². The zero-order valence-electron chi connectivity index (χ0n) is 11.8. The smallest absolute Gasteiger partial charge is 0.241 e. The lowest BCUT2D eigenvalue weighted by Crippen LogP contribution is -2.40. The first-order valence-electron chi connectivity index (χ1n) is 7.00. The van der Waals surface area contributed by atoms with Gasteiger partial charge in [-0.25, -0.2) is 0 Å². The van der Waals surface area contributed by atoms with Crippen molar-refractivity contribution < 1.29 is 14.3 Å². The Morgan fingerprint density at radius 3 is 2.70 bits per heavy atom. The second-order valence-electron chi connectivity index (χ2n) is 5.33. The van der Waals surface area contributed by atoms with E-state index in [1.54, 1.807) is 7.11 Å². The number of nitrogens with zero attached hydrogens (tertiary/aromatic N) is 1. The molecule has 1 aromatic rings. The van der Waals surface area contributed by atoms with Gasteiger partial charge in [0.25, 0.3) is 0 Å². The van der Waals surface area contributed by atoms with Crippen LogP contribution in [0.3, 0.4) is 0 Å². The fourth-order valence-corrected chi connectivity index (χ4v) is 2.91. The molecule has 0 spiro atoms. The summed E-state index contributed by atoms with van der Waals surface area (Å²) in [4.78, 5) is 14.3. The predicted octanol–water partition coefficient (Wildman–Crippen LogP) is 1.30. The summed E-state index contributed by atoms with van der Waals surface area (Å²) in [5.74, 6) is 0.975. The minimum absolute atomic E-state index is 0.0740. The molecule has 1 aromatic carbocycles. The van der Waals surface area contributed by atoms with Gasteiger partial charge in [-0.3, -0.25) is 10.1 Å². The number of carbonyl (C=O) groups is 1. The van der Waals surface area contributed by atoms with Crippen LogP contribution in [0.1, 0.15) is 25.1 Å². The molecule has 2 fully saturated rings. The molecular weight excluding hydrogens is 256 g/mol. The van der Waals surface area contributed by atoms with Crippen molar-refractivity contribution in [1.29, 1.82) is 0 Å².